The maximum Gasteiger partial charge on any atom is 0.269 e. The molecule has 0 spiro atoms. The van der Waals surface area contributed by atoms with Crippen molar-refractivity contribution in [3.8, 4) is 0 Å². The smallest absolute Gasteiger partial charge is 0.269 e. The second kappa shape index (κ2) is 7.99. The summed E-state index contributed by atoms with van der Waals surface area (Å²) in [5, 5.41) is 3.92. The number of hydrogen-bond donors (Lipinski definition) is 3. The highest BCUT2D eigenvalue weighted by molar-refractivity contribution is 7.80. The van der Waals surface area contributed by atoms with Crippen molar-refractivity contribution >= 4 is 46.2 Å². The summed E-state index contributed by atoms with van der Waals surface area (Å²) in [6, 6.07) is 12.8. The van der Waals surface area contributed by atoms with Crippen molar-refractivity contribution in [2.45, 2.75) is 6.92 Å². The third-order valence-electron chi connectivity index (χ3n) is 3.43. The van der Waals surface area contributed by atoms with Crippen LogP contribution in [-0.2, 0) is 0 Å². The molecule has 0 fully saturated rings. The van der Waals surface area contributed by atoms with Crippen molar-refractivity contribution in [2.24, 2.45) is 0 Å². The number of carbonyl (C=O) groups excluding carboxylic acids is 1. The van der Waals surface area contributed by atoms with Crippen molar-refractivity contribution in [1.82, 2.24) is 10.9 Å². The predicted octanol–water partition coefficient (Wildman–Crippen LogP) is 3.35. The van der Waals surface area contributed by atoms with E-state index < -0.39 is 0 Å². The van der Waals surface area contributed by atoms with E-state index >= 15 is 0 Å². The quantitative estimate of drug-likeness (QED) is 0.577. The average molecular weight is 363 g/mol. The minimum absolute atomic E-state index is 0.273. The number of benzene rings is 2. The molecular formula is C17H19ClN4OS. The van der Waals surface area contributed by atoms with Gasteiger partial charge in [-0.3, -0.25) is 15.6 Å². The van der Waals surface area contributed by atoms with E-state index in [4.69, 9.17) is 23.8 Å². The number of nitrogens with zero attached hydrogens (tertiary/aromatic N) is 1. The first-order chi connectivity index (χ1) is 11.4. The van der Waals surface area contributed by atoms with Crippen LogP contribution in [0.3, 0.4) is 0 Å². The maximum atomic E-state index is 12.2. The maximum absolute atomic E-state index is 12.2. The van der Waals surface area contributed by atoms with Crippen LogP contribution in [0.25, 0.3) is 0 Å². The Bertz CT molecular complexity index is 764. The van der Waals surface area contributed by atoms with Crippen molar-refractivity contribution in [2.75, 3.05) is 24.3 Å². The van der Waals surface area contributed by atoms with Gasteiger partial charge in [0, 0.05) is 36.1 Å². The van der Waals surface area contributed by atoms with Crippen molar-refractivity contribution in [3.05, 3.63) is 58.6 Å². The summed E-state index contributed by atoms with van der Waals surface area (Å²) in [6.07, 6.45) is 0. The second-order valence-corrected chi connectivity index (χ2v) is 6.21. The lowest BCUT2D eigenvalue weighted by Crippen LogP contribution is -2.43. The SMILES string of the molecule is Cc1c(Cl)cccc1NC(=S)NNC(=O)c1cccc(N(C)C)c1. The van der Waals surface area contributed by atoms with Crippen LogP contribution in [0.1, 0.15) is 15.9 Å². The Balaban J connectivity index is 1.95. The summed E-state index contributed by atoms with van der Waals surface area (Å²) in [6.45, 7) is 1.89. The van der Waals surface area contributed by atoms with Crippen LogP contribution < -0.4 is 21.1 Å². The Morgan fingerprint density at radius 1 is 1.12 bits per heavy atom. The molecule has 0 saturated heterocycles. The van der Waals surface area contributed by atoms with Crippen molar-refractivity contribution < 1.29 is 4.79 Å². The van der Waals surface area contributed by atoms with Crippen LogP contribution in [0, 0.1) is 6.92 Å². The van der Waals surface area contributed by atoms with Crippen LogP contribution in [0.5, 0.6) is 0 Å². The molecule has 0 radical (unpaired) electrons. The molecule has 0 aromatic heterocycles. The molecule has 0 aliphatic heterocycles. The molecule has 0 heterocycles. The van der Waals surface area contributed by atoms with Gasteiger partial charge in [-0.25, -0.2) is 0 Å². The third-order valence-corrected chi connectivity index (χ3v) is 4.04. The summed E-state index contributed by atoms with van der Waals surface area (Å²) in [5.41, 5.74) is 8.41. The third kappa shape index (κ3) is 4.59. The first-order valence-electron chi connectivity index (χ1n) is 7.28. The Morgan fingerprint density at radius 3 is 2.54 bits per heavy atom. The van der Waals surface area contributed by atoms with Gasteiger partial charge in [-0.05, 0) is 55.0 Å². The van der Waals surface area contributed by atoms with E-state index in [2.05, 4.69) is 16.2 Å². The molecule has 1 amide bonds. The molecule has 2 rings (SSSR count). The lowest BCUT2D eigenvalue weighted by Gasteiger charge is -2.15. The van der Waals surface area contributed by atoms with Gasteiger partial charge in [0.25, 0.3) is 5.91 Å². The van der Waals surface area contributed by atoms with E-state index in [0.717, 1.165) is 16.9 Å². The molecule has 3 N–H and O–H groups in total. The number of anilines is 2. The topological polar surface area (TPSA) is 56.4 Å². The zero-order valence-electron chi connectivity index (χ0n) is 13.7. The van der Waals surface area contributed by atoms with Gasteiger partial charge in [-0.1, -0.05) is 23.7 Å². The second-order valence-electron chi connectivity index (χ2n) is 5.39. The largest absolute Gasteiger partial charge is 0.378 e. The molecule has 0 unspecified atom stereocenters. The Labute approximate surface area is 152 Å². The molecule has 7 heteroatoms. The van der Waals surface area contributed by atoms with Gasteiger partial charge in [0.1, 0.15) is 0 Å². The zero-order valence-corrected chi connectivity index (χ0v) is 15.3. The summed E-state index contributed by atoms with van der Waals surface area (Å²) < 4.78 is 0. The van der Waals surface area contributed by atoms with E-state index in [1.54, 1.807) is 18.2 Å². The van der Waals surface area contributed by atoms with E-state index in [1.165, 1.54) is 0 Å². The van der Waals surface area contributed by atoms with Crippen molar-refractivity contribution in [3.63, 3.8) is 0 Å². The van der Waals surface area contributed by atoms with Gasteiger partial charge in [-0.2, -0.15) is 0 Å². The fourth-order valence-electron chi connectivity index (χ4n) is 2.01. The van der Waals surface area contributed by atoms with E-state index in [-0.39, 0.29) is 11.0 Å². The number of hydrogen-bond acceptors (Lipinski definition) is 3. The lowest BCUT2D eigenvalue weighted by molar-refractivity contribution is 0.0944. The van der Waals surface area contributed by atoms with Gasteiger partial charge in [0.2, 0.25) is 0 Å². The highest BCUT2D eigenvalue weighted by Crippen LogP contribution is 2.22. The van der Waals surface area contributed by atoms with Gasteiger partial charge in [0.05, 0.1) is 0 Å². The molecule has 0 bridgehead atoms. The Kier molecular flexibility index (Phi) is 6.00. The van der Waals surface area contributed by atoms with E-state index in [1.807, 2.05) is 50.2 Å². The van der Waals surface area contributed by atoms with Crippen LogP contribution >= 0.6 is 23.8 Å². The predicted molar refractivity (Wildman–Crippen MR) is 104 cm³/mol. The van der Waals surface area contributed by atoms with Crippen LogP contribution in [0.2, 0.25) is 5.02 Å². The fourth-order valence-corrected chi connectivity index (χ4v) is 2.34. The van der Waals surface area contributed by atoms with Gasteiger partial charge >= 0.3 is 0 Å². The molecule has 0 saturated carbocycles. The summed E-state index contributed by atoms with van der Waals surface area (Å²) in [7, 11) is 3.84. The number of hydrazine groups is 1. The zero-order chi connectivity index (χ0) is 17.7. The highest BCUT2D eigenvalue weighted by atomic mass is 35.5. The Morgan fingerprint density at radius 2 is 1.83 bits per heavy atom. The summed E-state index contributed by atoms with van der Waals surface area (Å²) >= 11 is 11.3. The number of nitrogens with one attached hydrogen (secondary N) is 3. The van der Waals surface area contributed by atoms with Crippen LogP contribution in [0.15, 0.2) is 42.5 Å². The molecule has 126 valence electrons. The molecule has 2 aromatic rings. The number of carbonyl (C=O) groups is 1. The minimum Gasteiger partial charge on any atom is -0.378 e. The molecule has 0 aliphatic carbocycles. The molecular weight excluding hydrogens is 344 g/mol. The normalized spacial score (nSPS) is 10.0. The average Bonchev–Trinajstić information content (AvgIpc) is 2.57. The molecule has 5 nitrogen and oxygen atoms in total. The number of thiocarbonyl (C=S) groups is 1. The van der Waals surface area contributed by atoms with E-state index in [0.29, 0.717) is 10.6 Å². The van der Waals surface area contributed by atoms with Gasteiger partial charge in [-0.15, -0.1) is 0 Å². The molecule has 0 aliphatic rings. The highest BCUT2D eigenvalue weighted by Gasteiger charge is 2.08. The number of amides is 1. The van der Waals surface area contributed by atoms with Crippen LogP contribution in [0.4, 0.5) is 11.4 Å². The minimum atomic E-state index is -0.273. The first-order valence-corrected chi connectivity index (χ1v) is 8.07. The molecule has 0 atom stereocenters. The number of halogens is 1. The fraction of sp³-hybridized carbons (Fsp3) is 0.176. The van der Waals surface area contributed by atoms with E-state index in [9.17, 15) is 4.79 Å². The first kappa shape index (κ1) is 18.0. The van der Waals surface area contributed by atoms with Gasteiger partial charge < -0.3 is 10.2 Å². The molecule has 2 aromatic carbocycles. The summed E-state index contributed by atoms with van der Waals surface area (Å²) in [4.78, 5) is 14.1. The number of rotatable bonds is 3. The monoisotopic (exact) mass is 362 g/mol. The lowest BCUT2D eigenvalue weighted by atomic mass is 10.2. The van der Waals surface area contributed by atoms with Gasteiger partial charge in [0.15, 0.2) is 5.11 Å². The van der Waals surface area contributed by atoms with Crippen LogP contribution in [-0.4, -0.2) is 25.1 Å². The summed E-state index contributed by atoms with van der Waals surface area (Å²) in [5.74, 6) is -0.273. The molecule has 24 heavy (non-hydrogen) atoms. The Hall–Kier alpha value is -2.31. The standard InChI is InChI=1S/C17H19ClN4OS/c1-11-14(18)8-5-9-15(11)19-17(24)21-20-16(23)12-6-4-7-13(10-12)22(2)3/h4-10H,1-3H3,(H,20,23)(H2,19,21,24). The van der Waals surface area contributed by atoms with Crippen molar-refractivity contribution in [1.29, 1.82) is 0 Å².